The maximum absolute atomic E-state index is 10.9. The van der Waals surface area contributed by atoms with Gasteiger partial charge in [-0.2, -0.15) is 0 Å². The van der Waals surface area contributed by atoms with E-state index >= 15 is 0 Å². The van der Waals surface area contributed by atoms with E-state index in [1.165, 1.54) is 17.8 Å². The highest BCUT2D eigenvalue weighted by Crippen LogP contribution is 2.33. The molecule has 1 heterocycles. The van der Waals surface area contributed by atoms with Gasteiger partial charge in [0, 0.05) is 23.7 Å². The van der Waals surface area contributed by atoms with Crippen LogP contribution in [-0.4, -0.2) is 11.0 Å². The molecule has 2 rings (SSSR count). The summed E-state index contributed by atoms with van der Waals surface area (Å²) >= 11 is 1.23. The minimum absolute atomic E-state index is 0.0387. The van der Waals surface area contributed by atoms with Crippen LogP contribution in [-0.2, 0) is 6.54 Å². The molecule has 1 saturated carbocycles. The van der Waals surface area contributed by atoms with Crippen molar-refractivity contribution < 1.29 is 0 Å². The molecule has 0 saturated heterocycles. The molecule has 4 heteroatoms. The van der Waals surface area contributed by atoms with Crippen LogP contribution in [0.4, 0.5) is 0 Å². The van der Waals surface area contributed by atoms with Crippen molar-refractivity contribution >= 4 is 11.3 Å². The first-order valence-electron chi connectivity index (χ1n) is 5.07. The molecule has 0 radical (unpaired) electrons. The Bertz CT molecular complexity index is 357. The van der Waals surface area contributed by atoms with Crippen LogP contribution in [0.2, 0.25) is 0 Å². The van der Waals surface area contributed by atoms with E-state index in [-0.39, 0.29) is 4.87 Å². The number of aromatic amines is 1. The smallest absolute Gasteiger partial charge is 0.304 e. The second-order valence-corrected chi connectivity index (χ2v) is 5.08. The predicted octanol–water partition coefficient (Wildman–Crippen LogP) is 1.57. The summed E-state index contributed by atoms with van der Waals surface area (Å²) in [7, 11) is 0. The van der Waals surface area contributed by atoms with E-state index in [2.05, 4.69) is 24.1 Å². The number of aromatic nitrogens is 1. The fraction of sp³-hybridized carbons (Fsp3) is 0.700. The summed E-state index contributed by atoms with van der Waals surface area (Å²) < 4.78 is 0. The first kappa shape index (κ1) is 9.93. The minimum atomic E-state index is 0.0387. The third-order valence-corrected chi connectivity index (χ3v) is 4.00. The van der Waals surface area contributed by atoms with Crippen LogP contribution in [0.25, 0.3) is 0 Å². The van der Waals surface area contributed by atoms with E-state index in [1.807, 2.05) is 5.38 Å². The Hall–Kier alpha value is -0.610. The van der Waals surface area contributed by atoms with E-state index in [4.69, 9.17) is 0 Å². The average molecular weight is 212 g/mol. The zero-order valence-electron chi connectivity index (χ0n) is 8.54. The molecule has 3 atom stereocenters. The van der Waals surface area contributed by atoms with Crippen LogP contribution in [0.15, 0.2) is 10.2 Å². The molecule has 0 aliphatic heterocycles. The summed E-state index contributed by atoms with van der Waals surface area (Å²) in [6.07, 6.45) is 1.26. The Labute approximate surface area is 87.6 Å². The van der Waals surface area contributed by atoms with Crippen LogP contribution in [0.5, 0.6) is 0 Å². The zero-order chi connectivity index (χ0) is 10.1. The highest BCUT2D eigenvalue weighted by Gasteiger charge is 2.33. The van der Waals surface area contributed by atoms with Gasteiger partial charge >= 0.3 is 4.87 Å². The van der Waals surface area contributed by atoms with Crippen LogP contribution >= 0.6 is 11.3 Å². The monoisotopic (exact) mass is 212 g/mol. The van der Waals surface area contributed by atoms with Crippen molar-refractivity contribution in [3.05, 3.63) is 20.7 Å². The largest absolute Gasteiger partial charge is 0.315 e. The van der Waals surface area contributed by atoms with E-state index in [1.54, 1.807) is 0 Å². The second kappa shape index (κ2) is 3.87. The Morgan fingerprint density at radius 1 is 1.64 bits per heavy atom. The molecule has 3 nitrogen and oxygen atoms in total. The molecule has 1 aromatic heterocycles. The standard InChI is InChI=1S/C10H16N2OS/c1-6-3-9(7(6)2)11-4-8-5-14-10(13)12-8/h5-7,9,11H,3-4H2,1-2H3,(H,12,13). The topological polar surface area (TPSA) is 44.9 Å². The van der Waals surface area contributed by atoms with E-state index in [0.717, 1.165) is 24.1 Å². The van der Waals surface area contributed by atoms with Gasteiger partial charge in [0.15, 0.2) is 0 Å². The molecule has 1 fully saturated rings. The molecule has 0 spiro atoms. The summed E-state index contributed by atoms with van der Waals surface area (Å²) in [5, 5.41) is 5.36. The number of hydrogen-bond donors (Lipinski definition) is 2. The van der Waals surface area contributed by atoms with Crippen molar-refractivity contribution in [1.82, 2.24) is 10.3 Å². The molecule has 0 aromatic carbocycles. The molecule has 3 unspecified atom stereocenters. The number of H-pyrrole nitrogens is 1. The van der Waals surface area contributed by atoms with Crippen molar-refractivity contribution in [3.8, 4) is 0 Å². The molecule has 1 aliphatic rings. The van der Waals surface area contributed by atoms with E-state index in [9.17, 15) is 4.79 Å². The van der Waals surface area contributed by atoms with Gasteiger partial charge in [0.1, 0.15) is 0 Å². The fourth-order valence-electron chi connectivity index (χ4n) is 1.94. The summed E-state index contributed by atoms with van der Waals surface area (Å²) in [5.41, 5.74) is 1.01. The lowest BCUT2D eigenvalue weighted by molar-refractivity contribution is 0.136. The van der Waals surface area contributed by atoms with E-state index in [0.29, 0.717) is 6.04 Å². The van der Waals surface area contributed by atoms with Crippen LogP contribution in [0, 0.1) is 11.8 Å². The van der Waals surface area contributed by atoms with E-state index < -0.39 is 0 Å². The van der Waals surface area contributed by atoms with Crippen LogP contribution in [0.3, 0.4) is 0 Å². The highest BCUT2D eigenvalue weighted by atomic mass is 32.1. The van der Waals surface area contributed by atoms with Crippen molar-refractivity contribution in [2.75, 3.05) is 0 Å². The Morgan fingerprint density at radius 2 is 2.43 bits per heavy atom. The maximum atomic E-state index is 10.9. The number of thiazole rings is 1. The fourth-order valence-corrected chi connectivity index (χ4v) is 2.52. The summed E-state index contributed by atoms with van der Waals surface area (Å²) in [6.45, 7) is 5.36. The molecule has 14 heavy (non-hydrogen) atoms. The third kappa shape index (κ3) is 1.91. The molecule has 2 N–H and O–H groups in total. The number of rotatable bonds is 3. The van der Waals surface area contributed by atoms with Crippen molar-refractivity contribution in [1.29, 1.82) is 0 Å². The van der Waals surface area contributed by atoms with Gasteiger partial charge in [-0.15, -0.1) is 0 Å². The minimum Gasteiger partial charge on any atom is -0.315 e. The van der Waals surface area contributed by atoms with Gasteiger partial charge in [-0.3, -0.25) is 4.79 Å². The van der Waals surface area contributed by atoms with Crippen molar-refractivity contribution in [2.24, 2.45) is 11.8 Å². The van der Waals surface area contributed by atoms with Gasteiger partial charge in [0.05, 0.1) is 0 Å². The van der Waals surface area contributed by atoms with Crippen LogP contribution in [0.1, 0.15) is 26.0 Å². The quantitative estimate of drug-likeness (QED) is 0.799. The zero-order valence-corrected chi connectivity index (χ0v) is 9.36. The van der Waals surface area contributed by atoms with Gasteiger partial charge in [-0.05, 0) is 18.3 Å². The normalized spacial score (nSPS) is 31.4. The van der Waals surface area contributed by atoms with Crippen LogP contribution < -0.4 is 10.2 Å². The first-order valence-corrected chi connectivity index (χ1v) is 5.95. The third-order valence-electron chi connectivity index (χ3n) is 3.28. The maximum Gasteiger partial charge on any atom is 0.304 e. The Morgan fingerprint density at radius 3 is 2.93 bits per heavy atom. The summed E-state index contributed by atoms with van der Waals surface area (Å²) in [6, 6.07) is 0.633. The predicted molar refractivity (Wildman–Crippen MR) is 58.5 cm³/mol. The van der Waals surface area contributed by atoms with Crippen molar-refractivity contribution in [2.45, 2.75) is 32.9 Å². The SMILES string of the molecule is CC1CC(NCc2csc(=O)[nH]2)C1C. The van der Waals surface area contributed by atoms with Gasteiger partial charge in [0.2, 0.25) is 0 Å². The molecule has 1 aromatic rings. The Kier molecular flexibility index (Phi) is 2.74. The molecule has 78 valence electrons. The van der Waals surface area contributed by atoms with Gasteiger partial charge in [-0.25, -0.2) is 0 Å². The van der Waals surface area contributed by atoms with Crippen molar-refractivity contribution in [3.63, 3.8) is 0 Å². The molecule has 1 aliphatic carbocycles. The number of hydrogen-bond acceptors (Lipinski definition) is 3. The average Bonchev–Trinajstić information content (AvgIpc) is 2.58. The molecular formula is C10H16N2OS. The molecule has 0 bridgehead atoms. The lowest BCUT2D eigenvalue weighted by Crippen LogP contribution is -2.47. The molecular weight excluding hydrogens is 196 g/mol. The second-order valence-electron chi connectivity index (χ2n) is 4.23. The highest BCUT2D eigenvalue weighted by molar-refractivity contribution is 7.07. The lowest BCUT2D eigenvalue weighted by atomic mass is 9.71. The number of nitrogens with one attached hydrogen (secondary N) is 2. The van der Waals surface area contributed by atoms with Gasteiger partial charge in [0.25, 0.3) is 0 Å². The van der Waals surface area contributed by atoms with Gasteiger partial charge in [-0.1, -0.05) is 25.2 Å². The molecule has 0 amide bonds. The Balaban J connectivity index is 1.81. The summed E-state index contributed by atoms with van der Waals surface area (Å²) in [4.78, 5) is 13.7. The van der Waals surface area contributed by atoms with Gasteiger partial charge < -0.3 is 10.3 Å². The first-order chi connectivity index (χ1) is 6.66. The summed E-state index contributed by atoms with van der Waals surface area (Å²) in [5.74, 6) is 1.61. The lowest BCUT2D eigenvalue weighted by Gasteiger charge is -2.41.